The number of nitrogens with zero attached hydrogens (tertiary/aromatic N) is 1. The molecule has 1 fully saturated rings. The summed E-state index contributed by atoms with van der Waals surface area (Å²) in [4.78, 5) is 26.7. The van der Waals surface area contributed by atoms with E-state index in [1.807, 2.05) is 18.2 Å². The minimum absolute atomic E-state index is 0.147. The molecule has 5 nitrogen and oxygen atoms in total. The molecule has 0 bridgehead atoms. The summed E-state index contributed by atoms with van der Waals surface area (Å²) < 4.78 is 0. The van der Waals surface area contributed by atoms with Gasteiger partial charge in [-0.3, -0.25) is 19.8 Å². The summed E-state index contributed by atoms with van der Waals surface area (Å²) in [5, 5.41) is 2.50. The van der Waals surface area contributed by atoms with Gasteiger partial charge in [0, 0.05) is 24.3 Å². The zero-order chi connectivity index (χ0) is 16.9. The molecule has 2 aromatic carbocycles. The number of likely N-dealkylation sites (tertiary alicyclic amines) is 1. The maximum Gasteiger partial charge on any atom is 0.257 e. The van der Waals surface area contributed by atoms with Gasteiger partial charge in [-0.25, -0.2) is 0 Å². The largest absolute Gasteiger partial charge is 0.399 e. The standard InChI is InChI=1S/C19H21N3O2/c20-17-8-6-15(7-9-17)18(23)21-19(24)16-10-11-22(13-16)12-14-4-2-1-3-5-14/h1-9,16H,10-13,20H2,(H,21,23,24). The number of carbonyl (C=O) groups excluding carboxylic acids is 2. The molecule has 5 heteroatoms. The summed E-state index contributed by atoms with van der Waals surface area (Å²) in [5.74, 6) is -0.722. The smallest absolute Gasteiger partial charge is 0.257 e. The Morgan fingerprint density at radius 1 is 1.08 bits per heavy atom. The first-order valence-electron chi connectivity index (χ1n) is 8.09. The number of nitrogens with two attached hydrogens (primary N) is 1. The van der Waals surface area contributed by atoms with Crippen LogP contribution in [0.2, 0.25) is 0 Å². The Labute approximate surface area is 141 Å². The first kappa shape index (κ1) is 16.2. The van der Waals surface area contributed by atoms with Crippen molar-refractivity contribution >= 4 is 17.5 Å². The van der Waals surface area contributed by atoms with Crippen molar-refractivity contribution in [2.75, 3.05) is 18.8 Å². The average molecular weight is 323 g/mol. The lowest BCUT2D eigenvalue weighted by Crippen LogP contribution is -2.36. The third-order valence-corrected chi connectivity index (χ3v) is 4.30. The molecule has 1 atom stereocenters. The second-order valence-corrected chi connectivity index (χ2v) is 6.15. The molecule has 1 aliphatic heterocycles. The summed E-state index contributed by atoms with van der Waals surface area (Å²) in [6.07, 6.45) is 0.772. The average Bonchev–Trinajstić information content (AvgIpc) is 3.05. The predicted octanol–water partition coefficient (Wildman–Crippen LogP) is 2.05. The van der Waals surface area contributed by atoms with Crippen molar-refractivity contribution in [2.24, 2.45) is 5.92 Å². The molecule has 24 heavy (non-hydrogen) atoms. The molecule has 1 aliphatic rings. The van der Waals surface area contributed by atoms with Crippen LogP contribution in [-0.2, 0) is 11.3 Å². The second kappa shape index (κ2) is 7.27. The summed E-state index contributed by atoms with van der Waals surface area (Å²) in [6, 6.07) is 16.7. The van der Waals surface area contributed by atoms with Crippen LogP contribution < -0.4 is 11.1 Å². The van der Waals surface area contributed by atoms with Gasteiger partial charge in [-0.2, -0.15) is 0 Å². The number of amides is 2. The molecule has 0 aromatic heterocycles. The van der Waals surface area contributed by atoms with Crippen LogP contribution in [0.1, 0.15) is 22.3 Å². The van der Waals surface area contributed by atoms with Crippen LogP contribution in [0, 0.1) is 5.92 Å². The lowest BCUT2D eigenvalue weighted by Gasteiger charge is -2.15. The number of nitrogen functional groups attached to an aromatic ring is 1. The number of rotatable bonds is 4. The van der Waals surface area contributed by atoms with E-state index < -0.39 is 0 Å². The van der Waals surface area contributed by atoms with Gasteiger partial charge in [-0.05, 0) is 42.8 Å². The number of hydrogen-bond donors (Lipinski definition) is 2. The van der Waals surface area contributed by atoms with Crippen molar-refractivity contribution in [3.8, 4) is 0 Å². The van der Waals surface area contributed by atoms with Crippen molar-refractivity contribution in [3.05, 3.63) is 65.7 Å². The van der Waals surface area contributed by atoms with Crippen molar-refractivity contribution in [1.82, 2.24) is 10.2 Å². The van der Waals surface area contributed by atoms with Gasteiger partial charge in [-0.1, -0.05) is 30.3 Å². The molecule has 0 radical (unpaired) electrons. The molecule has 2 aromatic rings. The highest BCUT2D eigenvalue weighted by Crippen LogP contribution is 2.19. The Bertz CT molecular complexity index is 713. The molecular weight excluding hydrogens is 302 g/mol. The highest BCUT2D eigenvalue weighted by atomic mass is 16.2. The van der Waals surface area contributed by atoms with E-state index in [0.29, 0.717) is 17.8 Å². The number of carbonyl (C=O) groups is 2. The van der Waals surface area contributed by atoms with Gasteiger partial charge in [0.15, 0.2) is 0 Å². The van der Waals surface area contributed by atoms with Gasteiger partial charge in [0.25, 0.3) is 5.91 Å². The van der Waals surface area contributed by atoms with Crippen LogP contribution in [0.25, 0.3) is 0 Å². The highest BCUT2D eigenvalue weighted by molar-refractivity contribution is 6.05. The maximum absolute atomic E-state index is 12.3. The van der Waals surface area contributed by atoms with Crippen LogP contribution in [0.4, 0.5) is 5.69 Å². The third kappa shape index (κ3) is 4.00. The molecular formula is C19H21N3O2. The van der Waals surface area contributed by atoms with Crippen molar-refractivity contribution in [2.45, 2.75) is 13.0 Å². The Morgan fingerprint density at radius 3 is 2.50 bits per heavy atom. The van der Waals surface area contributed by atoms with E-state index in [1.165, 1.54) is 5.56 Å². The van der Waals surface area contributed by atoms with Gasteiger partial charge < -0.3 is 5.73 Å². The maximum atomic E-state index is 12.3. The lowest BCUT2D eigenvalue weighted by molar-refractivity contribution is -0.123. The SMILES string of the molecule is Nc1ccc(C(=O)NC(=O)C2CCN(Cc3ccccc3)C2)cc1. The van der Waals surface area contributed by atoms with Gasteiger partial charge in [-0.15, -0.1) is 0 Å². The number of benzene rings is 2. The molecule has 1 saturated heterocycles. The summed E-state index contributed by atoms with van der Waals surface area (Å²) in [7, 11) is 0. The predicted molar refractivity (Wildman–Crippen MR) is 93.2 cm³/mol. The van der Waals surface area contributed by atoms with E-state index in [0.717, 1.165) is 19.5 Å². The van der Waals surface area contributed by atoms with Crippen molar-refractivity contribution in [3.63, 3.8) is 0 Å². The Hall–Kier alpha value is -2.66. The molecule has 1 heterocycles. The first-order valence-corrected chi connectivity index (χ1v) is 8.09. The summed E-state index contributed by atoms with van der Waals surface area (Å²) in [6.45, 7) is 2.37. The Morgan fingerprint density at radius 2 is 1.79 bits per heavy atom. The normalized spacial score (nSPS) is 17.6. The fraction of sp³-hybridized carbons (Fsp3) is 0.263. The van der Waals surface area contributed by atoms with Crippen LogP contribution in [0.5, 0.6) is 0 Å². The first-order chi connectivity index (χ1) is 11.6. The van der Waals surface area contributed by atoms with Crippen LogP contribution in [-0.4, -0.2) is 29.8 Å². The molecule has 3 rings (SSSR count). The molecule has 2 amide bonds. The fourth-order valence-electron chi connectivity index (χ4n) is 2.95. The van der Waals surface area contributed by atoms with E-state index in [9.17, 15) is 9.59 Å². The quantitative estimate of drug-likeness (QED) is 0.667. The molecule has 0 spiro atoms. The third-order valence-electron chi connectivity index (χ3n) is 4.30. The van der Waals surface area contributed by atoms with Crippen LogP contribution in [0.3, 0.4) is 0 Å². The summed E-state index contributed by atoms with van der Waals surface area (Å²) >= 11 is 0. The zero-order valence-corrected chi connectivity index (χ0v) is 13.4. The van der Waals surface area contributed by atoms with Crippen molar-refractivity contribution < 1.29 is 9.59 Å². The molecule has 0 aliphatic carbocycles. The van der Waals surface area contributed by atoms with Gasteiger partial charge in [0.2, 0.25) is 5.91 Å². The Balaban J connectivity index is 1.53. The van der Waals surface area contributed by atoms with E-state index in [2.05, 4.69) is 22.3 Å². The van der Waals surface area contributed by atoms with Gasteiger partial charge in [0.1, 0.15) is 0 Å². The summed E-state index contributed by atoms with van der Waals surface area (Å²) in [5.41, 5.74) is 7.86. The van der Waals surface area contributed by atoms with E-state index in [-0.39, 0.29) is 17.7 Å². The van der Waals surface area contributed by atoms with E-state index in [4.69, 9.17) is 5.73 Å². The topological polar surface area (TPSA) is 75.4 Å². The molecule has 0 saturated carbocycles. The minimum Gasteiger partial charge on any atom is -0.399 e. The van der Waals surface area contributed by atoms with Crippen LogP contribution >= 0.6 is 0 Å². The van der Waals surface area contributed by atoms with E-state index in [1.54, 1.807) is 24.3 Å². The van der Waals surface area contributed by atoms with Crippen LogP contribution in [0.15, 0.2) is 54.6 Å². The van der Waals surface area contributed by atoms with Gasteiger partial charge in [0.05, 0.1) is 5.92 Å². The molecule has 124 valence electrons. The molecule has 1 unspecified atom stereocenters. The van der Waals surface area contributed by atoms with Gasteiger partial charge >= 0.3 is 0 Å². The Kier molecular flexibility index (Phi) is 4.91. The lowest BCUT2D eigenvalue weighted by atomic mass is 10.1. The number of nitrogens with one attached hydrogen (secondary N) is 1. The zero-order valence-electron chi connectivity index (χ0n) is 13.4. The fourth-order valence-corrected chi connectivity index (χ4v) is 2.95. The molecule has 3 N–H and O–H groups in total. The van der Waals surface area contributed by atoms with E-state index >= 15 is 0 Å². The number of hydrogen-bond acceptors (Lipinski definition) is 4. The highest BCUT2D eigenvalue weighted by Gasteiger charge is 2.29. The second-order valence-electron chi connectivity index (χ2n) is 6.15. The van der Waals surface area contributed by atoms with Crippen molar-refractivity contribution in [1.29, 1.82) is 0 Å². The number of anilines is 1. The number of imide groups is 1. The monoisotopic (exact) mass is 323 g/mol. The minimum atomic E-state index is -0.374.